The maximum Gasteiger partial charge on any atom is 0.243 e. The van der Waals surface area contributed by atoms with E-state index in [1.165, 1.54) is 6.07 Å². The van der Waals surface area contributed by atoms with Crippen molar-refractivity contribution in [2.24, 2.45) is 0 Å². The zero-order chi connectivity index (χ0) is 13.1. The first-order valence-electron chi connectivity index (χ1n) is 5.63. The van der Waals surface area contributed by atoms with Gasteiger partial charge >= 0.3 is 0 Å². The molecule has 2 rings (SSSR count). The number of hydrogen-bond donors (Lipinski definition) is 3. The van der Waals surface area contributed by atoms with Crippen LogP contribution in [0, 0.1) is 12.7 Å². The van der Waals surface area contributed by atoms with Crippen LogP contribution in [0.1, 0.15) is 5.56 Å². The van der Waals surface area contributed by atoms with Gasteiger partial charge < -0.3 is 10.6 Å². The summed E-state index contributed by atoms with van der Waals surface area (Å²) in [6.45, 7) is 2.11. The monoisotopic (exact) mass is 251 g/mol. The van der Waals surface area contributed by atoms with Crippen molar-refractivity contribution in [3.05, 3.63) is 29.6 Å². The molecule has 18 heavy (non-hydrogen) atoms. The third kappa shape index (κ3) is 2.84. The van der Waals surface area contributed by atoms with Crippen molar-refractivity contribution in [1.82, 2.24) is 10.6 Å². The molecule has 0 bridgehead atoms. The minimum absolute atomic E-state index is 0.0917. The first kappa shape index (κ1) is 12.5. The number of piperazine rings is 1. The maximum atomic E-state index is 13.5. The molecular formula is C12H14FN3O2. The van der Waals surface area contributed by atoms with E-state index in [1.807, 2.05) is 6.92 Å². The molecule has 3 N–H and O–H groups in total. The van der Waals surface area contributed by atoms with Crippen LogP contribution in [0.15, 0.2) is 18.2 Å². The Morgan fingerprint density at radius 3 is 2.94 bits per heavy atom. The molecule has 1 unspecified atom stereocenters. The predicted molar refractivity (Wildman–Crippen MR) is 64.6 cm³/mol. The first-order valence-corrected chi connectivity index (χ1v) is 5.63. The Morgan fingerprint density at radius 2 is 2.28 bits per heavy atom. The molecule has 1 aliphatic rings. The third-order valence-electron chi connectivity index (χ3n) is 2.71. The standard InChI is InChI=1S/C12H14FN3O2/c1-7-2-3-8(13)9(4-7)16-12(18)10-5-15-11(17)6-14-10/h2-4,10,14H,5-6H2,1H3,(H,15,17)(H,16,18). The normalized spacial score (nSPS) is 19.2. The third-order valence-corrected chi connectivity index (χ3v) is 2.71. The highest BCUT2D eigenvalue weighted by atomic mass is 19.1. The number of halogens is 1. The molecule has 0 spiro atoms. The van der Waals surface area contributed by atoms with E-state index >= 15 is 0 Å². The highest BCUT2D eigenvalue weighted by Gasteiger charge is 2.24. The highest BCUT2D eigenvalue weighted by molar-refractivity contribution is 5.96. The molecule has 1 aromatic carbocycles. The van der Waals surface area contributed by atoms with E-state index in [0.29, 0.717) is 0 Å². The number of carbonyl (C=O) groups is 2. The molecule has 0 aliphatic carbocycles. The lowest BCUT2D eigenvalue weighted by molar-refractivity contribution is -0.124. The van der Waals surface area contributed by atoms with E-state index in [9.17, 15) is 14.0 Å². The quantitative estimate of drug-likeness (QED) is 0.701. The summed E-state index contributed by atoms with van der Waals surface area (Å²) in [5.74, 6) is -0.992. The van der Waals surface area contributed by atoms with E-state index in [-0.39, 0.29) is 30.6 Å². The van der Waals surface area contributed by atoms with Crippen LogP contribution >= 0.6 is 0 Å². The van der Waals surface area contributed by atoms with Gasteiger partial charge in [0.15, 0.2) is 0 Å². The number of nitrogens with one attached hydrogen (secondary N) is 3. The summed E-state index contributed by atoms with van der Waals surface area (Å²) < 4.78 is 13.5. The van der Waals surface area contributed by atoms with E-state index in [4.69, 9.17) is 0 Å². The lowest BCUT2D eigenvalue weighted by Crippen LogP contribution is -2.56. The number of rotatable bonds is 2. The van der Waals surface area contributed by atoms with Crippen LogP contribution in [0.5, 0.6) is 0 Å². The average molecular weight is 251 g/mol. The smallest absolute Gasteiger partial charge is 0.243 e. The van der Waals surface area contributed by atoms with Crippen molar-refractivity contribution in [1.29, 1.82) is 0 Å². The molecule has 0 saturated carbocycles. The molecule has 1 fully saturated rings. The second kappa shape index (κ2) is 5.14. The van der Waals surface area contributed by atoms with Gasteiger partial charge in [-0.05, 0) is 24.6 Å². The number of benzene rings is 1. The van der Waals surface area contributed by atoms with Crippen LogP contribution in [0.25, 0.3) is 0 Å². The zero-order valence-electron chi connectivity index (χ0n) is 9.92. The SMILES string of the molecule is Cc1ccc(F)c(NC(=O)C2CNC(=O)CN2)c1. The van der Waals surface area contributed by atoms with Crippen LogP contribution in [0.2, 0.25) is 0 Å². The second-order valence-corrected chi connectivity index (χ2v) is 4.21. The number of amides is 2. The van der Waals surface area contributed by atoms with E-state index in [2.05, 4.69) is 16.0 Å². The van der Waals surface area contributed by atoms with Gasteiger partial charge in [0, 0.05) is 6.54 Å². The number of hydrogen-bond acceptors (Lipinski definition) is 3. The zero-order valence-corrected chi connectivity index (χ0v) is 9.92. The molecule has 5 nitrogen and oxygen atoms in total. The minimum Gasteiger partial charge on any atom is -0.353 e. The summed E-state index contributed by atoms with van der Waals surface area (Å²) in [6.07, 6.45) is 0. The number of carbonyl (C=O) groups excluding carboxylic acids is 2. The highest BCUT2D eigenvalue weighted by Crippen LogP contribution is 2.15. The van der Waals surface area contributed by atoms with E-state index < -0.39 is 11.9 Å². The van der Waals surface area contributed by atoms with Gasteiger partial charge in [0.1, 0.15) is 11.9 Å². The summed E-state index contributed by atoms with van der Waals surface area (Å²) >= 11 is 0. The predicted octanol–water partition coefficient (Wildman–Crippen LogP) is 0.161. The molecule has 6 heteroatoms. The van der Waals surface area contributed by atoms with Gasteiger partial charge in [-0.3, -0.25) is 14.9 Å². The minimum atomic E-state index is -0.539. The van der Waals surface area contributed by atoms with Gasteiger partial charge in [-0.25, -0.2) is 4.39 Å². The van der Waals surface area contributed by atoms with Crippen molar-refractivity contribution < 1.29 is 14.0 Å². The summed E-state index contributed by atoms with van der Waals surface area (Å²) in [7, 11) is 0. The van der Waals surface area contributed by atoms with Crippen molar-refractivity contribution in [2.75, 3.05) is 18.4 Å². The molecule has 2 amide bonds. The van der Waals surface area contributed by atoms with Crippen LogP contribution < -0.4 is 16.0 Å². The van der Waals surface area contributed by atoms with Gasteiger partial charge in [-0.15, -0.1) is 0 Å². The largest absolute Gasteiger partial charge is 0.353 e. The topological polar surface area (TPSA) is 70.2 Å². The van der Waals surface area contributed by atoms with Crippen LogP contribution in [0.4, 0.5) is 10.1 Å². The summed E-state index contributed by atoms with van der Waals surface area (Å²) in [5.41, 5.74) is 1.01. The Labute approximate surface area is 104 Å². The molecule has 1 aliphatic heterocycles. The Kier molecular flexibility index (Phi) is 3.57. The lowest BCUT2D eigenvalue weighted by atomic mass is 10.2. The fraction of sp³-hybridized carbons (Fsp3) is 0.333. The summed E-state index contributed by atoms with van der Waals surface area (Å²) in [4.78, 5) is 22.8. The average Bonchev–Trinajstić information content (AvgIpc) is 2.34. The molecule has 1 heterocycles. The molecule has 1 aromatic rings. The van der Waals surface area contributed by atoms with Gasteiger partial charge in [0.25, 0.3) is 0 Å². The Balaban J connectivity index is 2.02. The van der Waals surface area contributed by atoms with Gasteiger partial charge in [-0.1, -0.05) is 6.07 Å². The molecule has 0 radical (unpaired) electrons. The molecule has 96 valence electrons. The Bertz CT molecular complexity index is 480. The molecule has 1 atom stereocenters. The Morgan fingerprint density at radius 1 is 1.50 bits per heavy atom. The van der Waals surface area contributed by atoms with Gasteiger partial charge in [-0.2, -0.15) is 0 Å². The van der Waals surface area contributed by atoms with Crippen molar-refractivity contribution in [3.8, 4) is 0 Å². The number of anilines is 1. The van der Waals surface area contributed by atoms with Gasteiger partial charge in [0.2, 0.25) is 11.8 Å². The Hall–Kier alpha value is -1.95. The maximum absolute atomic E-state index is 13.5. The summed E-state index contributed by atoms with van der Waals surface area (Å²) in [5, 5.41) is 7.85. The molecule has 0 aromatic heterocycles. The fourth-order valence-electron chi connectivity index (χ4n) is 1.71. The molecular weight excluding hydrogens is 237 g/mol. The lowest BCUT2D eigenvalue weighted by Gasteiger charge is -2.23. The molecule has 1 saturated heterocycles. The fourth-order valence-corrected chi connectivity index (χ4v) is 1.71. The first-order chi connectivity index (χ1) is 8.56. The van der Waals surface area contributed by atoms with E-state index in [1.54, 1.807) is 12.1 Å². The van der Waals surface area contributed by atoms with Crippen LogP contribution in [0.3, 0.4) is 0 Å². The van der Waals surface area contributed by atoms with Gasteiger partial charge in [0.05, 0.1) is 12.2 Å². The second-order valence-electron chi connectivity index (χ2n) is 4.21. The summed E-state index contributed by atoms with van der Waals surface area (Å²) in [6, 6.07) is 3.96. The number of aryl methyl sites for hydroxylation is 1. The van der Waals surface area contributed by atoms with Crippen molar-refractivity contribution >= 4 is 17.5 Å². The van der Waals surface area contributed by atoms with Crippen molar-refractivity contribution in [2.45, 2.75) is 13.0 Å². The van der Waals surface area contributed by atoms with Crippen molar-refractivity contribution in [3.63, 3.8) is 0 Å². The van der Waals surface area contributed by atoms with E-state index in [0.717, 1.165) is 5.56 Å². The van der Waals surface area contributed by atoms with Crippen LogP contribution in [-0.2, 0) is 9.59 Å². The van der Waals surface area contributed by atoms with Crippen LogP contribution in [-0.4, -0.2) is 30.9 Å².